The van der Waals surface area contributed by atoms with E-state index in [2.05, 4.69) is 35.8 Å². The molecule has 2 aromatic carbocycles. The molecule has 21 heavy (non-hydrogen) atoms. The Morgan fingerprint density at radius 1 is 1.24 bits per heavy atom. The van der Waals surface area contributed by atoms with Crippen molar-refractivity contribution in [2.24, 2.45) is 0 Å². The van der Waals surface area contributed by atoms with Crippen molar-refractivity contribution in [1.29, 1.82) is 0 Å². The van der Waals surface area contributed by atoms with Crippen molar-refractivity contribution in [2.75, 3.05) is 6.61 Å². The second-order valence-corrected chi connectivity index (χ2v) is 7.31. The normalized spacial score (nSPS) is 17.2. The van der Waals surface area contributed by atoms with Crippen molar-refractivity contribution in [1.82, 2.24) is 0 Å². The second kappa shape index (κ2) is 5.29. The number of alkyl halides is 1. The zero-order chi connectivity index (χ0) is 15.2. The van der Waals surface area contributed by atoms with Crippen molar-refractivity contribution in [3.8, 4) is 5.75 Å². The summed E-state index contributed by atoms with van der Waals surface area (Å²) in [6.07, 6.45) is 0. The molecular weight excluding hydrogens is 355 g/mol. The Kier molecular flexibility index (Phi) is 3.74. The number of benzene rings is 2. The highest BCUT2D eigenvalue weighted by Gasteiger charge is 2.32. The second-order valence-electron chi connectivity index (χ2n) is 5.96. The van der Waals surface area contributed by atoms with Gasteiger partial charge in [-0.1, -0.05) is 53.5 Å². The summed E-state index contributed by atoms with van der Waals surface area (Å²) in [5, 5.41) is 0.402. The van der Waals surface area contributed by atoms with Crippen LogP contribution in [0.25, 0.3) is 0 Å². The largest absolute Gasteiger partial charge is 0.492 e. The summed E-state index contributed by atoms with van der Waals surface area (Å²) >= 11 is 9.40. The van der Waals surface area contributed by atoms with Gasteiger partial charge in [0.05, 0.1) is 11.4 Å². The summed E-state index contributed by atoms with van der Waals surface area (Å²) in [7, 11) is 0. The number of fused-ring (bicyclic) bond motifs is 1. The van der Waals surface area contributed by atoms with E-state index in [1.165, 1.54) is 11.6 Å². The first-order chi connectivity index (χ1) is 9.88. The predicted molar refractivity (Wildman–Crippen MR) is 87.1 cm³/mol. The van der Waals surface area contributed by atoms with Crippen molar-refractivity contribution in [3.05, 3.63) is 63.9 Å². The van der Waals surface area contributed by atoms with E-state index in [1.54, 1.807) is 12.1 Å². The molecule has 3 rings (SSSR count). The standard InChI is InChI=1S/C17H15BrClFO/c1-17(2)9-21-15-6-3-10(7-13(15)17)16(18)12-5-4-11(19)8-14(12)20/h3-8,16H,9H2,1-2H3. The van der Waals surface area contributed by atoms with Gasteiger partial charge in [-0.05, 0) is 29.8 Å². The number of ether oxygens (including phenoxy) is 1. The lowest BCUT2D eigenvalue weighted by Crippen LogP contribution is -2.18. The van der Waals surface area contributed by atoms with Gasteiger partial charge in [-0.15, -0.1) is 0 Å². The minimum atomic E-state index is -0.305. The van der Waals surface area contributed by atoms with Crippen molar-refractivity contribution < 1.29 is 9.13 Å². The van der Waals surface area contributed by atoms with Crippen molar-refractivity contribution >= 4 is 27.5 Å². The number of halogens is 3. The van der Waals surface area contributed by atoms with Crippen LogP contribution in [0.2, 0.25) is 5.02 Å². The first-order valence-corrected chi connectivity index (χ1v) is 8.04. The summed E-state index contributed by atoms with van der Waals surface area (Å²) < 4.78 is 19.8. The molecule has 2 aromatic rings. The summed E-state index contributed by atoms with van der Waals surface area (Å²) in [6.45, 7) is 4.97. The molecule has 1 nitrogen and oxygen atoms in total. The van der Waals surface area contributed by atoms with Gasteiger partial charge in [0.15, 0.2) is 0 Å². The molecule has 0 saturated heterocycles. The average Bonchev–Trinajstić information content (AvgIpc) is 2.74. The zero-order valence-electron chi connectivity index (χ0n) is 11.8. The van der Waals surface area contributed by atoms with Crippen LogP contribution in [-0.2, 0) is 5.41 Å². The maximum atomic E-state index is 14.1. The molecule has 0 N–H and O–H groups in total. The smallest absolute Gasteiger partial charge is 0.129 e. The van der Waals surface area contributed by atoms with Crippen LogP contribution in [0.4, 0.5) is 4.39 Å². The van der Waals surface area contributed by atoms with Gasteiger partial charge in [0, 0.05) is 21.6 Å². The minimum Gasteiger partial charge on any atom is -0.492 e. The lowest BCUT2D eigenvalue weighted by Gasteiger charge is -2.18. The topological polar surface area (TPSA) is 9.23 Å². The third-order valence-electron chi connectivity index (χ3n) is 3.85. The Morgan fingerprint density at radius 3 is 2.71 bits per heavy atom. The third-order valence-corrected chi connectivity index (χ3v) is 5.11. The molecule has 1 heterocycles. The SMILES string of the molecule is CC1(C)COc2ccc(C(Br)c3ccc(Cl)cc3F)cc21. The van der Waals surface area contributed by atoms with E-state index in [0.29, 0.717) is 17.2 Å². The molecule has 1 unspecified atom stereocenters. The van der Waals surface area contributed by atoms with Gasteiger partial charge < -0.3 is 4.74 Å². The molecule has 0 amide bonds. The van der Waals surface area contributed by atoms with Crippen LogP contribution < -0.4 is 4.74 Å². The van der Waals surface area contributed by atoms with Crippen LogP contribution in [0.3, 0.4) is 0 Å². The van der Waals surface area contributed by atoms with Gasteiger partial charge in [-0.25, -0.2) is 4.39 Å². The number of hydrogen-bond acceptors (Lipinski definition) is 1. The lowest BCUT2D eigenvalue weighted by atomic mass is 9.85. The molecule has 110 valence electrons. The van der Waals surface area contributed by atoms with Crippen LogP contribution in [0.5, 0.6) is 5.75 Å². The van der Waals surface area contributed by atoms with Gasteiger partial charge in [-0.3, -0.25) is 0 Å². The first kappa shape index (κ1) is 14.9. The lowest BCUT2D eigenvalue weighted by molar-refractivity contribution is 0.291. The average molecular weight is 370 g/mol. The Bertz CT molecular complexity index is 699. The summed E-state index contributed by atoms with van der Waals surface area (Å²) in [5.41, 5.74) is 2.74. The quantitative estimate of drug-likeness (QED) is 0.623. The van der Waals surface area contributed by atoms with Crippen molar-refractivity contribution in [2.45, 2.75) is 24.1 Å². The van der Waals surface area contributed by atoms with E-state index >= 15 is 0 Å². The summed E-state index contributed by atoms with van der Waals surface area (Å²) in [6, 6.07) is 10.8. The van der Waals surface area contributed by atoms with Crippen LogP contribution >= 0.6 is 27.5 Å². The molecule has 4 heteroatoms. The monoisotopic (exact) mass is 368 g/mol. The molecule has 0 saturated carbocycles. The van der Waals surface area contributed by atoms with Gasteiger partial charge in [0.25, 0.3) is 0 Å². The Balaban J connectivity index is 2.01. The molecular formula is C17H15BrClFO. The van der Waals surface area contributed by atoms with E-state index in [9.17, 15) is 4.39 Å². The van der Waals surface area contributed by atoms with Crippen molar-refractivity contribution in [3.63, 3.8) is 0 Å². The highest BCUT2D eigenvalue weighted by Crippen LogP contribution is 2.42. The number of hydrogen-bond donors (Lipinski definition) is 0. The molecule has 1 aliphatic rings. The fraction of sp³-hybridized carbons (Fsp3) is 0.294. The highest BCUT2D eigenvalue weighted by molar-refractivity contribution is 9.09. The Labute approximate surface area is 137 Å². The van der Waals surface area contributed by atoms with Gasteiger partial charge in [0.2, 0.25) is 0 Å². The fourth-order valence-corrected chi connectivity index (χ4v) is 3.40. The molecule has 0 fully saturated rings. The summed E-state index contributed by atoms with van der Waals surface area (Å²) in [4.78, 5) is -0.212. The minimum absolute atomic E-state index is 0.0173. The Morgan fingerprint density at radius 2 is 2.00 bits per heavy atom. The van der Waals surface area contributed by atoms with E-state index in [4.69, 9.17) is 16.3 Å². The molecule has 0 radical (unpaired) electrons. The van der Waals surface area contributed by atoms with E-state index in [1.807, 2.05) is 12.1 Å². The van der Waals surface area contributed by atoms with Crippen LogP contribution in [0.1, 0.15) is 35.4 Å². The molecule has 1 aliphatic heterocycles. The van der Waals surface area contributed by atoms with Gasteiger partial charge in [0.1, 0.15) is 11.6 Å². The molecule has 0 bridgehead atoms. The van der Waals surface area contributed by atoms with E-state index in [-0.39, 0.29) is 16.1 Å². The fourth-order valence-electron chi connectivity index (χ4n) is 2.58. The van der Waals surface area contributed by atoms with Crippen LogP contribution in [0.15, 0.2) is 36.4 Å². The zero-order valence-corrected chi connectivity index (χ0v) is 14.1. The molecule has 0 aromatic heterocycles. The first-order valence-electron chi connectivity index (χ1n) is 6.75. The van der Waals surface area contributed by atoms with Gasteiger partial charge >= 0.3 is 0 Å². The maximum Gasteiger partial charge on any atom is 0.129 e. The third kappa shape index (κ3) is 2.69. The molecule has 0 spiro atoms. The summed E-state index contributed by atoms with van der Waals surface area (Å²) in [5.74, 6) is 0.611. The highest BCUT2D eigenvalue weighted by atomic mass is 79.9. The van der Waals surface area contributed by atoms with Gasteiger partial charge in [-0.2, -0.15) is 0 Å². The predicted octanol–water partition coefficient (Wildman–Crippen LogP) is 5.63. The molecule has 0 aliphatic carbocycles. The Hall–Kier alpha value is -1.06. The maximum absolute atomic E-state index is 14.1. The number of rotatable bonds is 2. The van der Waals surface area contributed by atoms with E-state index in [0.717, 1.165) is 11.3 Å². The van der Waals surface area contributed by atoms with Crippen LogP contribution in [0, 0.1) is 5.82 Å². The molecule has 1 atom stereocenters. The van der Waals surface area contributed by atoms with Crippen LogP contribution in [-0.4, -0.2) is 6.61 Å². The van der Waals surface area contributed by atoms with E-state index < -0.39 is 0 Å².